The van der Waals surface area contributed by atoms with E-state index >= 15 is 0 Å². The zero-order valence-corrected chi connectivity index (χ0v) is 17.4. The minimum absolute atomic E-state index is 0.107. The van der Waals surface area contributed by atoms with E-state index in [-0.39, 0.29) is 10.6 Å². The number of hydrogen-bond acceptors (Lipinski definition) is 6. The predicted molar refractivity (Wildman–Crippen MR) is 99.1 cm³/mol. The number of hydrogen-bond donors (Lipinski definition) is 3. The summed E-state index contributed by atoms with van der Waals surface area (Å²) in [5.41, 5.74) is 1.32. The number of urea groups is 1. The molecule has 0 fully saturated rings. The van der Waals surface area contributed by atoms with E-state index in [1.54, 1.807) is 0 Å². The summed E-state index contributed by atoms with van der Waals surface area (Å²) in [5.74, 6) is -3.24. The highest BCUT2D eigenvalue weighted by molar-refractivity contribution is 7.17. The molecule has 1 heterocycles. The van der Waals surface area contributed by atoms with Crippen molar-refractivity contribution in [2.24, 2.45) is 5.73 Å². The summed E-state index contributed by atoms with van der Waals surface area (Å²) in [5, 5.41) is 2.88. The number of aryl methyl sites for hydroxylation is 1. The van der Waals surface area contributed by atoms with E-state index in [2.05, 4.69) is 9.47 Å². The molecule has 32 heavy (non-hydrogen) atoms. The third-order valence-corrected chi connectivity index (χ3v) is 5.56. The van der Waals surface area contributed by atoms with Gasteiger partial charge in [0, 0.05) is 4.88 Å². The number of thiophene rings is 1. The van der Waals surface area contributed by atoms with Gasteiger partial charge in [-0.2, -0.15) is 26.3 Å². The number of fused-ring (bicyclic) bond motifs is 1. The SMILES string of the molecule is CCOC(=O)C(NC(=O)Nc1sc2c(c1C(N)=O)CCCC2)(OCC(F)(F)F)C(F)(F)F. The number of ether oxygens (including phenoxy) is 2. The summed E-state index contributed by atoms with van der Waals surface area (Å²) in [6, 6.07) is -1.75. The number of amides is 3. The highest BCUT2D eigenvalue weighted by Crippen LogP contribution is 2.39. The van der Waals surface area contributed by atoms with E-state index in [0.29, 0.717) is 23.3 Å². The maximum Gasteiger partial charge on any atom is 0.448 e. The van der Waals surface area contributed by atoms with E-state index in [9.17, 15) is 40.7 Å². The molecule has 0 spiro atoms. The van der Waals surface area contributed by atoms with E-state index in [1.807, 2.05) is 5.32 Å². The maximum atomic E-state index is 13.7. The van der Waals surface area contributed by atoms with Crippen LogP contribution in [-0.4, -0.2) is 49.2 Å². The van der Waals surface area contributed by atoms with Gasteiger partial charge in [-0.25, -0.2) is 9.59 Å². The fraction of sp³-hybridized carbons (Fsp3) is 0.588. The Kier molecular flexibility index (Phi) is 7.65. The minimum Gasteiger partial charge on any atom is -0.462 e. The van der Waals surface area contributed by atoms with Gasteiger partial charge < -0.3 is 15.2 Å². The molecule has 0 saturated heterocycles. The minimum atomic E-state index is -5.83. The Hall–Kier alpha value is -2.55. The Morgan fingerprint density at radius 3 is 2.25 bits per heavy atom. The van der Waals surface area contributed by atoms with E-state index in [1.165, 1.54) is 0 Å². The molecule has 1 unspecified atom stereocenters. The standard InChI is InChI=1S/C17H19F6N3O5S/c1-2-30-13(28)16(17(21,22)23,31-7-15(18,19)20)26-14(29)25-12-10(11(24)27)8-5-3-4-6-9(8)32-12/h2-7H2,1H3,(H2,24,27)(H2,25,26,29). The van der Waals surface area contributed by atoms with Crippen LogP contribution < -0.4 is 16.4 Å². The van der Waals surface area contributed by atoms with Crippen molar-refractivity contribution in [3.63, 3.8) is 0 Å². The lowest BCUT2D eigenvalue weighted by molar-refractivity contribution is -0.305. The van der Waals surface area contributed by atoms with Gasteiger partial charge in [0.05, 0.1) is 12.2 Å². The molecule has 1 aliphatic carbocycles. The molecular formula is C17H19F6N3O5S. The first-order chi connectivity index (χ1) is 14.7. The normalized spacial score (nSPS) is 16.0. The third-order valence-electron chi connectivity index (χ3n) is 4.35. The van der Waals surface area contributed by atoms with Crippen molar-refractivity contribution in [1.29, 1.82) is 0 Å². The molecule has 1 aromatic heterocycles. The van der Waals surface area contributed by atoms with Crippen molar-refractivity contribution in [1.82, 2.24) is 5.32 Å². The van der Waals surface area contributed by atoms with Crippen LogP contribution in [0.2, 0.25) is 0 Å². The zero-order valence-electron chi connectivity index (χ0n) is 16.5. The number of rotatable bonds is 7. The molecule has 0 aromatic carbocycles. The molecule has 8 nitrogen and oxygen atoms in total. The molecule has 0 saturated carbocycles. The zero-order chi connectivity index (χ0) is 24.3. The van der Waals surface area contributed by atoms with Crippen LogP contribution in [0.15, 0.2) is 0 Å². The van der Waals surface area contributed by atoms with Crippen LogP contribution in [0.5, 0.6) is 0 Å². The first kappa shape index (κ1) is 25.7. The number of halogens is 6. The van der Waals surface area contributed by atoms with Gasteiger partial charge in [-0.05, 0) is 38.2 Å². The summed E-state index contributed by atoms with van der Waals surface area (Å²) in [7, 11) is 0. The smallest absolute Gasteiger partial charge is 0.448 e. The Balaban J connectivity index is 2.39. The average Bonchev–Trinajstić information content (AvgIpc) is 3.01. The maximum absolute atomic E-state index is 13.7. The van der Waals surface area contributed by atoms with Gasteiger partial charge in [-0.1, -0.05) is 0 Å². The van der Waals surface area contributed by atoms with Crippen LogP contribution >= 0.6 is 11.3 Å². The lowest BCUT2D eigenvalue weighted by atomic mass is 9.95. The van der Waals surface area contributed by atoms with Crippen molar-refractivity contribution >= 4 is 34.2 Å². The Morgan fingerprint density at radius 2 is 1.72 bits per heavy atom. The van der Waals surface area contributed by atoms with Crippen molar-refractivity contribution in [2.75, 3.05) is 18.5 Å². The van der Waals surface area contributed by atoms with E-state index < -0.39 is 49.2 Å². The fourth-order valence-electron chi connectivity index (χ4n) is 3.05. The molecule has 0 aliphatic heterocycles. The first-order valence-corrected chi connectivity index (χ1v) is 10.0. The summed E-state index contributed by atoms with van der Waals surface area (Å²) >= 11 is 0.897. The second-order valence-electron chi connectivity index (χ2n) is 6.66. The Labute approximate surface area is 181 Å². The van der Waals surface area contributed by atoms with Crippen LogP contribution in [0.4, 0.5) is 36.1 Å². The molecule has 2 rings (SSSR count). The van der Waals surface area contributed by atoms with Crippen LogP contribution in [0.3, 0.4) is 0 Å². The van der Waals surface area contributed by atoms with Crippen molar-refractivity contribution in [2.45, 2.75) is 50.7 Å². The number of nitrogens with one attached hydrogen (secondary N) is 2. The largest absolute Gasteiger partial charge is 0.462 e. The number of alkyl halides is 6. The van der Waals surface area contributed by atoms with Gasteiger partial charge in [-0.15, -0.1) is 11.3 Å². The van der Waals surface area contributed by atoms with Crippen molar-refractivity contribution < 1.29 is 50.2 Å². The van der Waals surface area contributed by atoms with E-state index in [0.717, 1.165) is 36.4 Å². The lowest BCUT2D eigenvalue weighted by Gasteiger charge is -2.33. The van der Waals surface area contributed by atoms with Gasteiger partial charge in [0.25, 0.3) is 5.91 Å². The number of carbonyl (C=O) groups is 3. The number of anilines is 1. The van der Waals surface area contributed by atoms with Gasteiger partial charge in [0.1, 0.15) is 11.6 Å². The second-order valence-corrected chi connectivity index (χ2v) is 7.77. The lowest BCUT2D eigenvalue weighted by Crippen LogP contribution is -2.67. The van der Waals surface area contributed by atoms with Crippen LogP contribution in [0.25, 0.3) is 0 Å². The highest BCUT2D eigenvalue weighted by Gasteiger charge is 2.66. The number of primary amides is 1. The summed E-state index contributed by atoms with van der Waals surface area (Å²) in [4.78, 5) is 36.9. The molecule has 3 amide bonds. The molecule has 180 valence electrons. The molecule has 1 aromatic rings. The van der Waals surface area contributed by atoms with E-state index in [4.69, 9.17) is 5.73 Å². The number of esters is 1. The van der Waals surface area contributed by atoms with Crippen molar-refractivity contribution in [3.8, 4) is 0 Å². The number of carbonyl (C=O) groups excluding carboxylic acids is 3. The van der Waals surface area contributed by atoms with Gasteiger partial charge >= 0.3 is 30.1 Å². The molecular weight excluding hydrogens is 472 g/mol. The summed E-state index contributed by atoms with van der Waals surface area (Å²) < 4.78 is 86.9. The Bertz CT molecular complexity index is 885. The van der Waals surface area contributed by atoms with Crippen molar-refractivity contribution in [3.05, 3.63) is 16.0 Å². The molecule has 0 bridgehead atoms. The third kappa shape index (κ3) is 5.62. The molecule has 15 heteroatoms. The van der Waals surface area contributed by atoms with Crippen LogP contribution in [0.1, 0.15) is 40.6 Å². The summed E-state index contributed by atoms with van der Waals surface area (Å²) in [6.07, 6.45) is -8.58. The molecule has 4 N–H and O–H groups in total. The highest BCUT2D eigenvalue weighted by atomic mass is 32.1. The van der Waals surface area contributed by atoms with Crippen LogP contribution in [-0.2, 0) is 27.1 Å². The molecule has 1 aliphatic rings. The number of nitrogens with two attached hydrogens (primary N) is 1. The predicted octanol–water partition coefficient (Wildman–Crippen LogP) is 3.25. The van der Waals surface area contributed by atoms with Gasteiger partial charge in [0.2, 0.25) is 0 Å². The monoisotopic (exact) mass is 491 g/mol. The quantitative estimate of drug-likeness (QED) is 0.307. The van der Waals surface area contributed by atoms with Gasteiger partial charge in [-0.3, -0.25) is 15.4 Å². The second kappa shape index (κ2) is 9.52. The molecule has 1 atom stereocenters. The fourth-order valence-corrected chi connectivity index (χ4v) is 4.34. The summed E-state index contributed by atoms with van der Waals surface area (Å²) in [6.45, 7) is -2.04. The molecule has 0 radical (unpaired) electrons. The van der Waals surface area contributed by atoms with Crippen LogP contribution in [0, 0.1) is 0 Å². The Morgan fingerprint density at radius 1 is 1.09 bits per heavy atom. The average molecular weight is 491 g/mol. The topological polar surface area (TPSA) is 120 Å². The first-order valence-electron chi connectivity index (χ1n) is 9.20. The van der Waals surface area contributed by atoms with Gasteiger partial charge in [0.15, 0.2) is 0 Å².